The molecule has 0 saturated carbocycles. The highest BCUT2D eigenvalue weighted by atomic mass is 35.5. The molecule has 0 radical (unpaired) electrons. The molecule has 1 aliphatic heterocycles. The van der Waals surface area contributed by atoms with Gasteiger partial charge in [0.15, 0.2) is 5.69 Å². The number of halogens is 4. The van der Waals surface area contributed by atoms with E-state index in [-0.39, 0.29) is 35.0 Å². The molecule has 0 aliphatic carbocycles. The van der Waals surface area contributed by atoms with Crippen LogP contribution >= 0.6 is 11.6 Å². The largest absolute Gasteiger partial charge is 0.493 e. The summed E-state index contributed by atoms with van der Waals surface area (Å²) in [6, 6.07) is 10.8. The maximum absolute atomic E-state index is 14.0. The Morgan fingerprint density at radius 1 is 1.20 bits per heavy atom. The number of hydrogen-bond donors (Lipinski definition) is 1. The molecule has 2 aromatic heterocycles. The van der Waals surface area contributed by atoms with Crippen LogP contribution in [0, 0.1) is 11.3 Å². The number of nitrogens with zero attached hydrogens (tertiary/aromatic N) is 7. The van der Waals surface area contributed by atoms with Gasteiger partial charge in [0.25, 0.3) is 0 Å². The lowest BCUT2D eigenvalue weighted by Gasteiger charge is -2.35. The zero-order valence-corrected chi connectivity index (χ0v) is 22.6. The number of hydrogen-bond acceptors (Lipinski definition) is 9. The number of nitriles is 1. The molecule has 1 aliphatic rings. The molecule has 210 valence electrons. The molecule has 9 nitrogen and oxygen atoms in total. The van der Waals surface area contributed by atoms with Crippen molar-refractivity contribution in [2.24, 2.45) is 10.8 Å². The van der Waals surface area contributed by atoms with E-state index in [0.717, 1.165) is 38.1 Å². The molecule has 1 aromatic carbocycles. The average molecular weight is 573 g/mol. The van der Waals surface area contributed by atoms with E-state index in [1.165, 1.54) is 30.3 Å². The Morgan fingerprint density at radius 2 is 1.95 bits per heavy atom. The molecule has 0 bridgehead atoms. The van der Waals surface area contributed by atoms with Crippen molar-refractivity contribution < 1.29 is 17.9 Å². The molecule has 40 heavy (non-hydrogen) atoms. The Hall–Kier alpha value is -3.92. The van der Waals surface area contributed by atoms with E-state index in [4.69, 9.17) is 22.2 Å². The van der Waals surface area contributed by atoms with Gasteiger partial charge in [0, 0.05) is 51.5 Å². The van der Waals surface area contributed by atoms with Gasteiger partial charge in [-0.3, -0.25) is 9.89 Å². The summed E-state index contributed by atoms with van der Waals surface area (Å²) in [7, 11) is 1.52. The summed E-state index contributed by atoms with van der Waals surface area (Å²) in [4.78, 5) is 16.7. The predicted octanol–water partition coefficient (Wildman–Crippen LogP) is 4.92. The molecule has 1 fully saturated rings. The normalized spacial score (nSPS) is 14.1. The summed E-state index contributed by atoms with van der Waals surface area (Å²) in [5.74, 6) is 6.44. The number of hydrazine groups is 1. The fraction of sp³-hybridized carbons (Fsp3) is 0.333. The summed E-state index contributed by atoms with van der Waals surface area (Å²) < 4.78 is 47.5. The molecule has 0 amide bonds. The van der Waals surface area contributed by atoms with Crippen LogP contribution in [0.2, 0.25) is 5.02 Å². The topological polar surface area (TPSA) is 107 Å². The van der Waals surface area contributed by atoms with Gasteiger partial charge in [0.05, 0.1) is 28.6 Å². The third kappa shape index (κ3) is 6.80. The third-order valence-electron chi connectivity index (χ3n) is 6.48. The second-order valence-corrected chi connectivity index (χ2v) is 9.62. The number of aromatic nitrogens is 2. The monoisotopic (exact) mass is 572 g/mol. The first-order chi connectivity index (χ1) is 19.1. The van der Waals surface area contributed by atoms with Crippen molar-refractivity contribution in [3.8, 4) is 23.1 Å². The van der Waals surface area contributed by atoms with Crippen LogP contribution in [0.1, 0.15) is 17.7 Å². The van der Waals surface area contributed by atoms with Gasteiger partial charge in [-0.25, -0.2) is 15.8 Å². The number of piperazine rings is 1. The van der Waals surface area contributed by atoms with Crippen LogP contribution in [0.5, 0.6) is 5.75 Å². The second-order valence-electron chi connectivity index (χ2n) is 9.18. The number of benzene rings is 1. The van der Waals surface area contributed by atoms with Crippen LogP contribution in [0.15, 0.2) is 47.6 Å². The number of alkyl halides is 3. The van der Waals surface area contributed by atoms with Crippen molar-refractivity contribution in [2.45, 2.75) is 12.6 Å². The summed E-state index contributed by atoms with van der Waals surface area (Å²) in [6.07, 6.45) is -2.48. The Kier molecular flexibility index (Phi) is 9.09. The molecular formula is C27H28ClF3N8O. The maximum atomic E-state index is 14.0. The van der Waals surface area contributed by atoms with Crippen LogP contribution < -0.4 is 20.5 Å². The summed E-state index contributed by atoms with van der Waals surface area (Å²) in [5.41, 5.74) is -0.280. The van der Waals surface area contributed by atoms with E-state index in [9.17, 15) is 18.4 Å². The van der Waals surface area contributed by atoms with Gasteiger partial charge in [0.1, 0.15) is 23.3 Å². The van der Waals surface area contributed by atoms with Gasteiger partial charge in [-0.1, -0.05) is 11.6 Å². The Bertz CT molecular complexity index is 1380. The van der Waals surface area contributed by atoms with Gasteiger partial charge in [-0.05, 0) is 49.5 Å². The van der Waals surface area contributed by atoms with E-state index in [2.05, 4.69) is 31.5 Å². The third-order valence-corrected chi connectivity index (χ3v) is 6.71. The SMILES string of the molecule is C=Nc1c(N(C)N)cc(-c2ccc(OCCCN3CCN(c4ccc(Cl)cn4)CC3)c(C(F)(F)F)c2)nc1C#N. The fourth-order valence-corrected chi connectivity index (χ4v) is 4.55. The standard InChI is InChI=1S/C27H28ClF3N8O/c1-34-26-22(16-32)36-21(15-23(26)37(2)33)18-4-6-24(20(14-18)27(29,30)31)40-13-3-8-38-9-11-39(12-10-38)25-7-5-19(28)17-35-25/h4-7,14-15,17H,1,3,8-13,33H2,2H3. The first kappa shape index (κ1) is 29.1. The molecule has 0 unspecified atom stereocenters. The number of pyridine rings is 2. The molecule has 0 spiro atoms. The highest BCUT2D eigenvalue weighted by molar-refractivity contribution is 6.30. The van der Waals surface area contributed by atoms with Crippen molar-refractivity contribution >= 4 is 35.5 Å². The van der Waals surface area contributed by atoms with Crippen molar-refractivity contribution in [3.05, 3.63) is 58.9 Å². The Morgan fingerprint density at radius 3 is 2.55 bits per heavy atom. The van der Waals surface area contributed by atoms with Crippen LogP contribution in [0.4, 0.5) is 30.4 Å². The molecular weight excluding hydrogens is 545 g/mol. The van der Waals surface area contributed by atoms with E-state index < -0.39 is 11.7 Å². The van der Waals surface area contributed by atoms with Crippen LogP contribution in [-0.2, 0) is 6.18 Å². The van der Waals surface area contributed by atoms with Crippen LogP contribution in [0.3, 0.4) is 0 Å². The molecule has 13 heteroatoms. The number of aliphatic imine (C=N–C) groups is 1. The Labute approximate surface area is 235 Å². The van der Waals surface area contributed by atoms with Crippen LogP contribution in [0.25, 0.3) is 11.3 Å². The van der Waals surface area contributed by atoms with E-state index in [1.54, 1.807) is 12.3 Å². The minimum Gasteiger partial charge on any atom is -0.493 e. The second kappa shape index (κ2) is 12.5. The number of rotatable bonds is 9. The zero-order chi connectivity index (χ0) is 28.9. The van der Waals surface area contributed by atoms with Gasteiger partial charge >= 0.3 is 6.18 Å². The lowest BCUT2D eigenvalue weighted by atomic mass is 10.0. The van der Waals surface area contributed by atoms with Crippen molar-refractivity contribution in [3.63, 3.8) is 0 Å². The first-order valence-corrected chi connectivity index (χ1v) is 12.8. The van der Waals surface area contributed by atoms with Gasteiger partial charge in [0.2, 0.25) is 0 Å². The van der Waals surface area contributed by atoms with Gasteiger partial charge < -0.3 is 14.6 Å². The quantitative estimate of drug-likeness (QED) is 0.167. The number of ether oxygens (including phenoxy) is 1. The van der Waals surface area contributed by atoms with Gasteiger partial charge in [-0.2, -0.15) is 18.4 Å². The van der Waals surface area contributed by atoms with Crippen molar-refractivity contribution in [2.75, 3.05) is 56.3 Å². The molecule has 4 rings (SSSR count). The van der Waals surface area contributed by atoms with E-state index in [1.807, 2.05) is 12.1 Å². The lowest BCUT2D eigenvalue weighted by molar-refractivity contribution is -0.138. The van der Waals surface area contributed by atoms with Gasteiger partial charge in [-0.15, -0.1) is 0 Å². The molecule has 1 saturated heterocycles. The lowest BCUT2D eigenvalue weighted by Crippen LogP contribution is -2.47. The van der Waals surface area contributed by atoms with Crippen molar-refractivity contribution in [1.29, 1.82) is 5.26 Å². The average Bonchev–Trinajstić information content (AvgIpc) is 2.94. The molecule has 3 heterocycles. The predicted molar refractivity (Wildman–Crippen MR) is 149 cm³/mol. The van der Waals surface area contributed by atoms with Crippen LogP contribution in [-0.4, -0.2) is 68.0 Å². The number of anilines is 2. The zero-order valence-electron chi connectivity index (χ0n) is 21.8. The fourth-order valence-electron chi connectivity index (χ4n) is 4.44. The molecule has 3 aromatic rings. The smallest absolute Gasteiger partial charge is 0.419 e. The highest BCUT2D eigenvalue weighted by Crippen LogP contribution is 2.40. The van der Waals surface area contributed by atoms with Crippen molar-refractivity contribution in [1.82, 2.24) is 14.9 Å². The molecule has 0 atom stereocenters. The minimum absolute atomic E-state index is 0.0982. The summed E-state index contributed by atoms with van der Waals surface area (Å²) >= 11 is 5.91. The maximum Gasteiger partial charge on any atom is 0.419 e. The summed E-state index contributed by atoms with van der Waals surface area (Å²) in [6.45, 7) is 7.46. The summed E-state index contributed by atoms with van der Waals surface area (Å²) in [5, 5.41) is 11.3. The number of nitrogens with two attached hydrogens (primary N) is 1. The van der Waals surface area contributed by atoms with E-state index >= 15 is 0 Å². The molecule has 2 N–H and O–H groups in total. The minimum atomic E-state index is -4.66. The van der Waals surface area contributed by atoms with E-state index in [0.29, 0.717) is 23.7 Å². The first-order valence-electron chi connectivity index (χ1n) is 12.4. The highest BCUT2D eigenvalue weighted by Gasteiger charge is 2.35. The Balaban J connectivity index is 1.40.